The third-order valence-corrected chi connectivity index (χ3v) is 8.29. The summed E-state index contributed by atoms with van der Waals surface area (Å²) in [5.41, 5.74) is 3.42. The van der Waals surface area contributed by atoms with Gasteiger partial charge in [0.25, 0.3) is 10.0 Å². The maximum Gasteiger partial charge on any atom is 0.266 e. The quantitative estimate of drug-likeness (QED) is 0.408. The summed E-state index contributed by atoms with van der Waals surface area (Å²) in [6, 6.07) is 26.4. The highest BCUT2D eigenvalue weighted by Gasteiger charge is 2.43. The fourth-order valence-electron chi connectivity index (χ4n) is 3.68. The van der Waals surface area contributed by atoms with Crippen LogP contribution in [0.3, 0.4) is 0 Å². The van der Waals surface area contributed by atoms with E-state index in [-0.39, 0.29) is 11.1 Å². The van der Waals surface area contributed by atoms with Gasteiger partial charge in [-0.2, -0.15) is 0 Å². The molecule has 154 valence electrons. The van der Waals surface area contributed by atoms with E-state index in [9.17, 15) is 8.42 Å². The summed E-state index contributed by atoms with van der Waals surface area (Å²) in [6.45, 7) is 1.92. The molecule has 3 aromatic rings. The van der Waals surface area contributed by atoms with Gasteiger partial charge < -0.3 is 0 Å². The molecule has 30 heavy (non-hydrogen) atoms. The molecule has 7 heteroatoms. The van der Waals surface area contributed by atoms with E-state index in [1.165, 1.54) is 11.9 Å². The van der Waals surface area contributed by atoms with Crippen LogP contribution in [-0.4, -0.2) is 29.4 Å². The van der Waals surface area contributed by atoms with Crippen LogP contribution in [-0.2, 0) is 10.0 Å². The molecule has 0 amide bonds. The molecule has 1 aliphatic heterocycles. The van der Waals surface area contributed by atoms with E-state index >= 15 is 0 Å². The minimum Gasteiger partial charge on any atom is -0.291 e. The van der Waals surface area contributed by atoms with Crippen LogP contribution in [0.4, 0.5) is 0 Å². The fourth-order valence-corrected chi connectivity index (χ4v) is 6.42. The number of nitrogens with zero attached hydrogens (tertiary/aromatic N) is 2. The molecule has 4 rings (SSSR count). The number of halogens is 1. The van der Waals surface area contributed by atoms with Gasteiger partial charge in [0.1, 0.15) is 6.17 Å². The van der Waals surface area contributed by atoms with Crippen LogP contribution < -0.4 is 0 Å². The lowest BCUT2D eigenvalue weighted by Gasteiger charge is -2.30. The first kappa shape index (κ1) is 21.0. The molecule has 0 saturated carbocycles. The minimum absolute atomic E-state index is 0.265. The summed E-state index contributed by atoms with van der Waals surface area (Å²) >= 11 is 4.91. The van der Waals surface area contributed by atoms with E-state index in [4.69, 9.17) is 0 Å². The Bertz CT molecular complexity index is 1160. The van der Waals surface area contributed by atoms with Gasteiger partial charge in [0.2, 0.25) is 0 Å². The lowest BCUT2D eigenvalue weighted by Crippen LogP contribution is -2.38. The van der Waals surface area contributed by atoms with E-state index in [2.05, 4.69) is 20.2 Å². The molecule has 0 bridgehead atoms. The number of hydrogen-bond donors (Lipinski definition) is 0. The minimum atomic E-state index is -3.79. The smallest absolute Gasteiger partial charge is 0.266 e. The third-order valence-electron chi connectivity index (χ3n) is 5.01. The first-order chi connectivity index (χ1) is 14.4. The van der Waals surface area contributed by atoms with Crippen LogP contribution in [0.1, 0.15) is 18.1 Å². The molecular weight excluding hydrogens is 480 g/mol. The Morgan fingerprint density at radius 2 is 1.30 bits per heavy atom. The van der Waals surface area contributed by atoms with Crippen LogP contribution in [0.2, 0.25) is 0 Å². The molecule has 4 nitrogen and oxygen atoms in total. The van der Waals surface area contributed by atoms with Crippen molar-refractivity contribution >= 4 is 49.3 Å². The number of sulfonamides is 1. The Morgan fingerprint density at radius 1 is 0.800 bits per heavy atom. The average Bonchev–Trinajstić information content (AvgIpc) is 3.08. The Kier molecular flexibility index (Phi) is 5.95. The predicted octanol–water partition coefficient (Wildman–Crippen LogP) is 5.91. The molecule has 0 spiro atoms. The van der Waals surface area contributed by atoms with Gasteiger partial charge in [0.05, 0.1) is 16.3 Å². The SMILES string of the molecule is CSN1C(c2ccccc2)=C(c2ccccc2)N(S(=O)(=O)c2ccc(Br)cc2)C1C. The Morgan fingerprint density at radius 3 is 1.80 bits per heavy atom. The highest BCUT2D eigenvalue weighted by Crippen LogP contribution is 2.46. The van der Waals surface area contributed by atoms with Crippen LogP contribution in [0.5, 0.6) is 0 Å². The molecule has 1 unspecified atom stereocenters. The summed E-state index contributed by atoms with van der Waals surface area (Å²) in [7, 11) is -3.79. The molecular formula is C23H21BrN2O2S2. The zero-order valence-corrected chi connectivity index (χ0v) is 19.8. The summed E-state index contributed by atoms with van der Waals surface area (Å²) < 4.78 is 32.1. The standard InChI is InChI=1S/C23H21BrN2O2S2/c1-17-25(29-2)22(18-9-5-3-6-10-18)23(19-11-7-4-8-12-19)26(17)30(27,28)21-15-13-20(24)14-16-21/h3-17H,1-2H3. The van der Waals surface area contributed by atoms with Crippen molar-refractivity contribution in [1.29, 1.82) is 0 Å². The molecule has 0 radical (unpaired) electrons. The Labute approximate surface area is 190 Å². The molecule has 3 aromatic carbocycles. The second-order valence-electron chi connectivity index (χ2n) is 6.82. The van der Waals surface area contributed by atoms with Crippen molar-refractivity contribution in [1.82, 2.24) is 8.61 Å². The highest BCUT2D eigenvalue weighted by atomic mass is 79.9. The van der Waals surface area contributed by atoms with Crippen molar-refractivity contribution < 1.29 is 8.42 Å². The van der Waals surface area contributed by atoms with Gasteiger partial charge in [-0.25, -0.2) is 12.7 Å². The van der Waals surface area contributed by atoms with E-state index in [0.717, 1.165) is 21.3 Å². The first-order valence-electron chi connectivity index (χ1n) is 9.43. The number of rotatable bonds is 5. The zero-order chi connectivity index (χ0) is 21.3. The van der Waals surface area contributed by atoms with Crippen molar-refractivity contribution in [2.75, 3.05) is 6.26 Å². The molecule has 0 saturated heterocycles. The normalized spacial score (nSPS) is 17.0. The second kappa shape index (κ2) is 8.49. The van der Waals surface area contributed by atoms with Crippen molar-refractivity contribution in [3.63, 3.8) is 0 Å². The van der Waals surface area contributed by atoms with Gasteiger partial charge in [-0.3, -0.25) is 4.31 Å². The molecule has 1 atom stereocenters. The topological polar surface area (TPSA) is 40.6 Å². The predicted molar refractivity (Wildman–Crippen MR) is 128 cm³/mol. The van der Waals surface area contributed by atoms with Crippen LogP contribution in [0, 0.1) is 0 Å². The van der Waals surface area contributed by atoms with Gasteiger partial charge in [-0.05, 0) is 31.2 Å². The fraction of sp³-hybridized carbons (Fsp3) is 0.130. The van der Waals surface area contributed by atoms with E-state index < -0.39 is 10.0 Å². The van der Waals surface area contributed by atoms with Crippen LogP contribution in [0.25, 0.3) is 11.4 Å². The molecule has 0 fully saturated rings. The van der Waals surface area contributed by atoms with Gasteiger partial charge >= 0.3 is 0 Å². The summed E-state index contributed by atoms with van der Waals surface area (Å²) in [5, 5.41) is 0. The third kappa shape index (κ3) is 3.66. The molecule has 1 heterocycles. The lowest BCUT2D eigenvalue weighted by atomic mass is 10.1. The largest absolute Gasteiger partial charge is 0.291 e. The Hall–Kier alpha value is -2.22. The Balaban J connectivity index is 1.99. The maximum atomic E-state index is 13.8. The van der Waals surface area contributed by atoms with E-state index in [1.54, 1.807) is 28.6 Å². The van der Waals surface area contributed by atoms with Gasteiger partial charge in [0.15, 0.2) is 0 Å². The van der Waals surface area contributed by atoms with E-state index in [0.29, 0.717) is 5.70 Å². The lowest BCUT2D eigenvalue weighted by molar-refractivity contribution is 0.359. The van der Waals surface area contributed by atoms with Gasteiger partial charge in [0, 0.05) is 21.9 Å². The monoisotopic (exact) mass is 500 g/mol. The number of hydrogen-bond acceptors (Lipinski definition) is 4. The summed E-state index contributed by atoms with van der Waals surface area (Å²) in [4.78, 5) is 0.265. The van der Waals surface area contributed by atoms with Crippen molar-refractivity contribution in [2.45, 2.75) is 18.0 Å². The van der Waals surface area contributed by atoms with E-state index in [1.807, 2.05) is 73.8 Å². The van der Waals surface area contributed by atoms with Gasteiger partial charge in [-0.1, -0.05) is 88.5 Å². The maximum absolute atomic E-state index is 13.8. The van der Waals surface area contributed by atoms with Crippen molar-refractivity contribution in [3.8, 4) is 0 Å². The summed E-state index contributed by atoms with van der Waals surface area (Å²) in [5.74, 6) is 0. The zero-order valence-electron chi connectivity index (χ0n) is 16.6. The average molecular weight is 501 g/mol. The van der Waals surface area contributed by atoms with Crippen molar-refractivity contribution in [3.05, 3.63) is 101 Å². The highest BCUT2D eigenvalue weighted by molar-refractivity contribution is 9.10. The first-order valence-corrected chi connectivity index (χ1v) is 12.8. The molecule has 1 aliphatic rings. The van der Waals surface area contributed by atoms with Crippen LogP contribution >= 0.6 is 27.9 Å². The number of benzene rings is 3. The van der Waals surface area contributed by atoms with Crippen LogP contribution in [0.15, 0.2) is 94.3 Å². The van der Waals surface area contributed by atoms with Gasteiger partial charge in [-0.15, -0.1) is 0 Å². The van der Waals surface area contributed by atoms with Crippen molar-refractivity contribution in [2.24, 2.45) is 0 Å². The molecule has 0 aromatic heterocycles. The summed E-state index contributed by atoms with van der Waals surface area (Å²) in [6.07, 6.45) is 1.58. The second-order valence-corrected chi connectivity index (χ2v) is 10.3. The molecule has 0 aliphatic carbocycles. The molecule has 0 N–H and O–H groups in total.